The molecule has 3 unspecified atom stereocenters. The molecule has 1 fully saturated rings. The highest BCUT2D eigenvalue weighted by atomic mass is 32.1. The van der Waals surface area contributed by atoms with Gasteiger partial charge in [0.1, 0.15) is 0 Å². The Bertz CT molecular complexity index is 205. The lowest BCUT2D eigenvalue weighted by Crippen LogP contribution is -2.48. The maximum Gasteiger partial charge on any atom is 0.0902 e. The molecule has 3 atom stereocenters. The molecular formula is C11H22N2S. The molecule has 0 bridgehead atoms. The lowest BCUT2D eigenvalue weighted by molar-refractivity contribution is 0.168. The largest absolute Gasteiger partial charge is 0.392 e. The molecule has 0 aromatic heterocycles. The van der Waals surface area contributed by atoms with Gasteiger partial charge >= 0.3 is 0 Å². The van der Waals surface area contributed by atoms with E-state index in [1.807, 2.05) is 0 Å². The first-order chi connectivity index (χ1) is 6.61. The van der Waals surface area contributed by atoms with Crippen LogP contribution in [0.3, 0.4) is 0 Å². The minimum atomic E-state index is 0.312. The van der Waals surface area contributed by atoms with Gasteiger partial charge in [-0.05, 0) is 32.6 Å². The van der Waals surface area contributed by atoms with E-state index < -0.39 is 0 Å². The summed E-state index contributed by atoms with van der Waals surface area (Å²) in [5.74, 6) is 0. The summed E-state index contributed by atoms with van der Waals surface area (Å²) < 4.78 is 0. The van der Waals surface area contributed by atoms with Crippen molar-refractivity contribution in [3.63, 3.8) is 0 Å². The van der Waals surface area contributed by atoms with Crippen molar-refractivity contribution in [3.8, 4) is 0 Å². The van der Waals surface area contributed by atoms with Crippen LogP contribution in [-0.4, -0.2) is 28.0 Å². The predicted molar refractivity (Wildman–Crippen MR) is 65.5 cm³/mol. The number of nitrogens with two attached hydrogens (primary N) is 1. The van der Waals surface area contributed by atoms with Crippen LogP contribution in [0.5, 0.6) is 0 Å². The van der Waals surface area contributed by atoms with E-state index in [2.05, 4.69) is 25.7 Å². The lowest BCUT2D eigenvalue weighted by atomic mass is 10.1. The van der Waals surface area contributed by atoms with Crippen LogP contribution in [0.2, 0.25) is 0 Å². The molecule has 82 valence electrons. The highest BCUT2D eigenvalue weighted by Crippen LogP contribution is 2.29. The maximum atomic E-state index is 5.80. The first kappa shape index (κ1) is 11.9. The van der Waals surface area contributed by atoms with E-state index in [4.69, 9.17) is 18.0 Å². The minimum absolute atomic E-state index is 0.312. The molecule has 3 heteroatoms. The van der Waals surface area contributed by atoms with Crippen LogP contribution in [0.15, 0.2) is 0 Å². The Morgan fingerprint density at radius 2 is 2.14 bits per heavy atom. The molecule has 2 N–H and O–H groups in total. The van der Waals surface area contributed by atoms with Crippen molar-refractivity contribution in [2.75, 3.05) is 0 Å². The van der Waals surface area contributed by atoms with Gasteiger partial charge in [0.15, 0.2) is 0 Å². The summed E-state index contributed by atoms with van der Waals surface area (Å²) in [5.41, 5.74) is 5.80. The lowest BCUT2D eigenvalue weighted by Gasteiger charge is -2.34. The number of likely N-dealkylation sites (tertiary alicyclic amines) is 1. The van der Waals surface area contributed by atoms with Gasteiger partial charge < -0.3 is 5.73 Å². The van der Waals surface area contributed by atoms with Crippen LogP contribution in [-0.2, 0) is 0 Å². The van der Waals surface area contributed by atoms with Crippen LogP contribution in [0, 0.1) is 0 Å². The summed E-state index contributed by atoms with van der Waals surface area (Å²) in [6.45, 7) is 6.71. The van der Waals surface area contributed by atoms with Crippen LogP contribution in [0.1, 0.15) is 46.5 Å². The minimum Gasteiger partial charge on any atom is -0.392 e. The van der Waals surface area contributed by atoms with Crippen molar-refractivity contribution in [1.29, 1.82) is 0 Å². The Labute approximate surface area is 92.8 Å². The number of rotatable bonds is 4. The molecule has 2 nitrogen and oxygen atoms in total. The quantitative estimate of drug-likeness (QED) is 0.728. The second-order valence-corrected chi connectivity index (χ2v) is 4.73. The third-order valence-corrected chi connectivity index (χ3v) is 3.67. The molecule has 0 aromatic rings. The second-order valence-electron chi connectivity index (χ2n) is 4.26. The average molecular weight is 214 g/mol. The van der Waals surface area contributed by atoms with E-state index >= 15 is 0 Å². The van der Waals surface area contributed by atoms with Gasteiger partial charge in [-0.3, -0.25) is 4.90 Å². The fourth-order valence-electron chi connectivity index (χ4n) is 2.63. The molecule has 0 aliphatic carbocycles. The number of hydrogen-bond acceptors (Lipinski definition) is 2. The molecular weight excluding hydrogens is 192 g/mol. The van der Waals surface area contributed by atoms with Gasteiger partial charge in [-0.1, -0.05) is 26.1 Å². The molecule has 1 rings (SSSR count). The zero-order valence-corrected chi connectivity index (χ0v) is 10.3. The van der Waals surface area contributed by atoms with Crippen LogP contribution >= 0.6 is 12.2 Å². The predicted octanol–water partition coefficient (Wildman–Crippen LogP) is 2.31. The summed E-state index contributed by atoms with van der Waals surface area (Å²) >= 11 is 5.14. The highest BCUT2D eigenvalue weighted by molar-refractivity contribution is 7.80. The van der Waals surface area contributed by atoms with Crippen LogP contribution in [0.4, 0.5) is 0 Å². The molecule has 0 radical (unpaired) electrons. The third kappa shape index (κ3) is 2.26. The number of nitrogens with zero attached hydrogens (tertiary/aromatic N) is 1. The molecule has 14 heavy (non-hydrogen) atoms. The zero-order chi connectivity index (χ0) is 10.7. The van der Waals surface area contributed by atoms with Crippen molar-refractivity contribution in [2.24, 2.45) is 5.73 Å². The van der Waals surface area contributed by atoms with Gasteiger partial charge in [-0.15, -0.1) is 0 Å². The van der Waals surface area contributed by atoms with E-state index in [1.54, 1.807) is 0 Å². The average Bonchev–Trinajstić information content (AvgIpc) is 2.49. The number of thiocarbonyl (C=S) groups is 1. The van der Waals surface area contributed by atoms with Gasteiger partial charge in [0.2, 0.25) is 0 Å². The van der Waals surface area contributed by atoms with Gasteiger partial charge in [0, 0.05) is 12.1 Å². The molecule has 1 heterocycles. The Kier molecular flexibility index (Phi) is 4.32. The molecule has 1 saturated heterocycles. The molecule has 0 spiro atoms. The van der Waals surface area contributed by atoms with Crippen molar-refractivity contribution >= 4 is 17.2 Å². The van der Waals surface area contributed by atoms with Crippen molar-refractivity contribution in [2.45, 2.75) is 64.6 Å². The van der Waals surface area contributed by atoms with Gasteiger partial charge in [-0.2, -0.15) is 0 Å². The molecule has 0 amide bonds. The SMILES string of the molecule is CCC1CCC(C)N1C(CC)C(N)=S. The first-order valence-corrected chi connectivity index (χ1v) is 6.09. The van der Waals surface area contributed by atoms with Crippen LogP contribution < -0.4 is 5.73 Å². The fraction of sp³-hybridized carbons (Fsp3) is 0.909. The van der Waals surface area contributed by atoms with E-state index in [0.29, 0.717) is 23.1 Å². The van der Waals surface area contributed by atoms with Gasteiger partial charge in [0.05, 0.1) is 11.0 Å². The van der Waals surface area contributed by atoms with E-state index in [-0.39, 0.29) is 0 Å². The monoisotopic (exact) mass is 214 g/mol. The normalized spacial score (nSPS) is 30.5. The Balaban J connectivity index is 2.75. The standard InChI is InChI=1S/C11H22N2S/c1-4-9-7-6-8(3)13(9)10(5-2)11(12)14/h8-10H,4-7H2,1-3H3,(H2,12,14). The van der Waals surface area contributed by atoms with Gasteiger partial charge in [-0.25, -0.2) is 0 Å². The van der Waals surface area contributed by atoms with E-state index in [1.165, 1.54) is 19.3 Å². The molecule has 0 saturated carbocycles. The molecule has 1 aliphatic rings. The summed E-state index contributed by atoms with van der Waals surface area (Å²) in [6, 6.07) is 1.65. The second kappa shape index (κ2) is 5.08. The van der Waals surface area contributed by atoms with Crippen molar-refractivity contribution in [1.82, 2.24) is 4.90 Å². The van der Waals surface area contributed by atoms with E-state index in [0.717, 1.165) is 6.42 Å². The fourth-order valence-corrected chi connectivity index (χ4v) is 2.92. The summed E-state index contributed by atoms with van der Waals surface area (Å²) in [4.78, 5) is 3.20. The van der Waals surface area contributed by atoms with E-state index in [9.17, 15) is 0 Å². The topological polar surface area (TPSA) is 29.3 Å². The van der Waals surface area contributed by atoms with Crippen molar-refractivity contribution < 1.29 is 0 Å². The third-order valence-electron chi connectivity index (χ3n) is 3.39. The Hall–Kier alpha value is -0.150. The summed E-state index contributed by atoms with van der Waals surface area (Å²) in [7, 11) is 0. The Morgan fingerprint density at radius 1 is 1.50 bits per heavy atom. The smallest absolute Gasteiger partial charge is 0.0902 e. The summed E-state index contributed by atoms with van der Waals surface area (Å²) in [5, 5.41) is 0. The van der Waals surface area contributed by atoms with Gasteiger partial charge in [0.25, 0.3) is 0 Å². The maximum absolute atomic E-state index is 5.80. The molecule has 0 aromatic carbocycles. The zero-order valence-electron chi connectivity index (χ0n) is 9.49. The Morgan fingerprint density at radius 3 is 2.57 bits per heavy atom. The first-order valence-electron chi connectivity index (χ1n) is 5.68. The number of hydrogen-bond donors (Lipinski definition) is 1. The van der Waals surface area contributed by atoms with Crippen molar-refractivity contribution in [3.05, 3.63) is 0 Å². The van der Waals surface area contributed by atoms with Crippen LogP contribution in [0.25, 0.3) is 0 Å². The highest BCUT2D eigenvalue weighted by Gasteiger charge is 2.34. The molecule has 1 aliphatic heterocycles. The summed E-state index contributed by atoms with van der Waals surface area (Å²) in [6.07, 6.45) is 4.84.